The number of carbonyl (C=O) groups excluding carboxylic acids is 1. The second-order valence-corrected chi connectivity index (χ2v) is 9.48. The molecule has 10 heteroatoms. The predicted molar refractivity (Wildman–Crippen MR) is 107 cm³/mol. The van der Waals surface area contributed by atoms with Gasteiger partial charge in [0, 0.05) is 18.0 Å². The van der Waals surface area contributed by atoms with E-state index in [4.69, 9.17) is 23.2 Å². The normalized spacial score (nSPS) is 13.9. The first-order chi connectivity index (χ1) is 13.1. The van der Waals surface area contributed by atoms with Crippen molar-refractivity contribution in [1.29, 1.82) is 0 Å². The predicted octanol–water partition coefficient (Wildman–Crippen LogP) is 2.58. The third-order valence-electron chi connectivity index (χ3n) is 3.89. The second-order valence-electron chi connectivity index (χ2n) is 6.25. The van der Waals surface area contributed by atoms with E-state index in [-0.39, 0.29) is 5.75 Å². The first kappa shape index (κ1) is 22.5. The maximum absolute atomic E-state index is 13.2. The van der Waals surface area contributed by atoms with E-state index in [9.17, 15) is 22.7 Å². The molecule has 1 heterocycles. The summed E-state index contributed by atoms with van der Waals surface area (Å²) in [7, 11) is -3.16. The summed E-state index contributed by atoms with van der Waals surface area (Å²) < 4.78 is 35.8. The fourth-order valence-corrected chi connectivity index (χ4v) is 3.34. The van der Waals surface area contributed by atoms with E-state index in [0.29, 0.717) is 11.3 Å². The van der Waals surface area contributed by atoms with Gasteiger partial charge in [-0.1, -0.05) is 53.5 Å². The number of hydrogen-bond donors (Lipinski definition) is 2. The Balaban J connectivity index is 2.12. The number of hydrogen-bond acceptors (Lipinski definition) is 5. The molecule has 0 fully saturated rings. The third kappa shape index (κ3) is 6.41. The Morgan fingerprint density at radius 3 is 2.25 bits per heavy atom. The van der Waals surface area contributed by atoms with Gasteiger partial charge in [0.1, 0.15) is 12.8 Å². The number of carbonyl (C=O) groups is 1. The number of benzene rings is 1. The van der Waals surface area contributed by atoms with E-state index < -0.39 is 39.4 Å². The molecule has 0 radical (unpaired) electrons. The van der Waals surface area contributed by atoms with Crippen molar-refractivity contribution in [2.24, 2.45) is 0 Å². The SMILES string of the molecule is CS(=O)(=O)Cc1ccc(-c2ccc([C@@H](O)[C@@H](CF)NC(=O)C(Cl)Cl)cc2)cn1. The zero-order chi connectivity index (χ0) is 20.9. The highest BCUT2D eigenvalue weighted by molar-refractivity contribution is 7.89. The van der Waals surface area contributed by atoms with Crippen LogP contribution in [0.15, 0.2) is 42.6 Å². The fourth-order valence-electron chi connectivity index (χ4n) is 2.50. The van der Waals surface area contributed by atoms with Crippen molar-refractivity contribution in [3.63, 3.8) is 0 Å². The first-order valence-corrected chi connectivity index (χ1v) is 11.1. The number of pyridine rings is 1. The lowest BCUT2D eigenvalue weighted by Crippen LogP contribution is -2.43. The molecule has 0 unspecified atom stereocenters. The summed E-state index contributed by atoms with van der Waals surface area (Å²) in [6, 6.07) is 8.78. The van der Waals surface area contributed by atoms with Gasteiger partial charge >= 0.3 is 0 Å². The summed E-state index contributed by atoms with van der Waals surface area (Å²) in [5, 5.41) is 12.6. The molecule has 0 saturated carbocycles. The van der Waals surface area contributed by atoms with Crippen LogP contribution in [0, 0.1) is 0 Å². The number of nitrogens with zero attached hydrogens (tertiary/aromatic N) is 1. The standard InChI is InChI=1S/C18H19Cl2FN2O4S/c1-28(26,27)10-14-7-6-13(9-22-14)11-2-4-12(5-3-11)16(24)15(8-21)23-18(25)17(19)20/h2-7,9,15-17,24H,8,10H2,1H3,(H,23,25)/t15-,16-/m1/s1. The maximum Gasteiger partial charge on any atom is 0.253 e. The highest BCUT2D eigenvalue weighted by atomic mass is 35.5. The molecule has 1 aromatic carbocycles. The van der Waals surface area contributed by atoms with Gasteiger partial charge in [0.15, 0.2) is 14.7 Å². The van der Waals surface area contributed by atoms with Gasteiger partial charge in [0.05, 0.1) is 17.5 Å². The van der Waals surface area contributed by atoms with Crippen molar-refractivity contribution in [3.8, 4) is 11.1 Å². The quantitative estimate of drug-likeness (QED) is 0.604. The van der Waals surface area contributed by atoms with Crippen LogP contribution >= 0.6 is 23.2 Å². The van der Waals surface area contributed by atoms with Crippen LogP contribution < -0.4 is 5.32 Å². The van der Waals surface area contributed by atoms with Crippen LogP contribution in [-0.2, 0) is 20.4 Å². The Morgan fingerprint density at radius 1 is 1.18 bits per heavy atom. The largest absolute Gasteiger partial charge is 0.386 e. The van der Waals surface area contributed by atoms with Gasteiger partial charge in [-0.05, 0) is 17.2 Å². The number of halogens is 3. The summed E-state index contributed by atoms with van der Waals surface area (Å²) in [6.45, 7) is -0.999. The molecular weight excluding hydrogens is 430 g/mol. The monoisotopic (exact) mass is 448 g/mol. The van der Waals surface area contributed by atoms with E-state index >= 15 is 0 Å². The number of amides is 1. The first-order valence-electron chi connectivity index (χ1n) is 8.16. The minimum absolute atomic E-state index is 0.139. The molecule has 152 valence electrons. The smallest absolute Gasteiger partial charge is 0.253 e. The van der Waals surface area contributed by atoms with Gasteiger partial charge in [-0.3, -0.25) is 9.78 Å². The van der Waals surface area contributed by atoms with Crippen molar-refractivity contribution in [1.82, 2.24) is 10.3 Å². The molecule has 2 rings (SSSR count). The second kappa shape index (κ2) is 9.65. The van der Waals surface area contributed by atoms with Crippen molar-refractivity contribution < 1.29 is 22.7 Å². The molecule has 1 amide bonds. The highest BCUT2D eigenvalue weighted by Gasteiger charge is 2.25. The van der Waals surface area contributed by atoms with Crippen LogP contribution in [0.1, 0.15) is 17.4 Å². The topological polar surface area (TPSA) is 96.4 Å². The van der Waals surface area contributed by atoms with E-state index in [1.165, 1.54) is 0 Å². The molecule has 2 atom stereocenters. The summed E-state index contributed by atoms with van der Waals surface area (Å²) in [6.07, 6.45) is 1.41. The number of nitrogens with one attached hydrogen (secondary N) is 1. The van der Waals surface area contributed by atoms with Crippen LogP contribution in [0.2, 0.25) is 0 Å². The lowest BCUT2D eigenvalue weighted by molar-refractivity contribution is -0.121. The molecule has 0 aliphatic rings. The molecule has 28 heavy (non-hydrogen) atoms. The molecule has 0 saturated heterocycles. The molecule has 0 aliphatic heterocycles. The molecule has 0 spiro atoms. The molecule has 1 aromatic heterocycles. The fraction of sp³-hybridized carbons (Fsp3) is 0.333. The number of sulfone groups is 1. The van der Waals surface area contributed by atoms with Gasteiger partial charge in [-0.2, -0.15) is 0 Å². The Morgan fingerprint density at radius 2 is 1.79 bits per heavy atom. The van der Waals surface area contributed by atoms with Crippen LogP contribution in [0.25, 0.3) is 11.1 Å². The van der Waals surface area contributed by atoms with Gasteiger partial charge in [-0.15, -0.1) is 0 Å². The lowest BCUT2D eigenvalue weighted by Gasteiger charge is -2.22. The number of aromatic nitrogens is 1. The average Bonchev–Trinajstić information content (AvgIpc) is 2.64. The Hall–Kier alpha value is -1.74. The summed E-state index contributed by atoms with van der Waals surface area (Å²) in [5.74, 6) is -0.929. The summed E-state index contributed by atoms with van der Waals surface area (Å²) in [4.78, 5) is 14.3. The Labute approximate surface area is 172 Å². The van der Waals surface area contributed by atoms with E-state index in [2.05, 4.69) is 10.3 Å². The molecule has 0 bridgehead atoms. The van der Waals surface area contributed by atoms with Crippen LogP contribution in [0.4, 0.5) is 4.39 Å². The molecule has 6 nitrogen and oxygen atoms in total. The van der Waals surface area contributed by atoms with Crippen LogP contribution in [0.5, 0.6) is 0 Å². The number of aliphatic hydroxyl groups is 1. The van der Waals surface area contributed by atoms with Crippen molar-refractivity contribution in [2.45, 2.75) is 22.7 Å². The summed E-state index contributed by atoms with van der Waals surface area (Å²) in [5.41, 5.74) is 2.36. The highest BCUT2D eigenvalue weighted by Crippen LogP contribution is 2.24. The third-order valence-corrected chi connectivity index (χ3v) is 5.11. The molecule has 2 aromatic rings. The average molecular weight is 449 g/mol. The van der Waals surface area contributed by atoms with Crippen molar-refractivity contribution in [2.75, 3.05) is 12.9 Å². The van der Waals surface area contributed by atoms with E-state index in [0.717, 1.165) is 17.4 Å². The van der Waals surface area contributed by atoms with Crippen LogP contribution in [-0.4, -0.2) is 48.2 Å². The van der Waals surface area contributed by atoms with Gasteiger partial charge in [0.25, 0.3) is 5.91 Å². The van der Waals surface area contributed by atoms with Gasteiger partial charge in [-0.25, -0.2) is 12.8 Å². The molecule has 2 N–H and O–H groups in total. The zero-order valence-electron chi connectivity index (χ0n) is 14.8. The number of aliphatic hydroxyl groups excluding tert-OH is 1. The number of alkyl halides is 3. The van der Waals surface area contributed by atoms with E-state index in [1.54, 1.807) is 42.6 Å². The number of rotatable bonds is 8. The van der Waals surface area contributed by atoms with Crippen LogP contribution in [0.3, 0.4) is 0 Å². The lowest BCUT2D eigenvalue weighted by atomic mass is 9.99. The summed E-state index contributed by atoms with van der Waals surface area (Å²) >= 11 is 10.9. The minimum atomic E-state index is -3.16. The Kier molecular flexibility index (Phi) is 7.77. The zero-order valence-corrected chi connectivity index (χ0v) is 17.2. The van der Waals surface area contributed by atoms with E-state index in [1.807, 2.05) is 0 Å². The van der Waals surface area contributed by atoms with Gasteiger partial charge in [0.2, 0.25) is 0 Å². The molecular formula is C18H19Cl2FN2O4S. The Bertz CT molecular complexity index is 906. The maximum atomic E-state index is 13.2. The van der Waals surface area contributed by atoms with Crippen molar-refractivity contribution in [3.05, 3.63) is 53.9 Å². The van der Waals surface area contributed by atoms with Gasteiger partial charge < -0.3 is 10.4 Å². The van der Waals surface area contributed by atoms with Crippen molar-refractivity contribution >= 4 is 38.9 Å². The molecule has 0 aliphatic carbocycles. The minimum Gasteiger partial charge on any atom is -0.386 e.